The predicted molar refractivity (Wildman–Crippen MR) is 174 cm³/mol. The molecule has 51 heavy (non-hydrogen) atoms. The van der Waals surface area contributed by atoms with Gasteiger partial charge in [0.15, 0.2) is 11.6 Å². The van der Waals surface area contributed by atoms with Crippen LogP contribution in [0.3, 0.4) is 0 Å². The van der Waals surface area contributed by atoms with Crippen LogP contribution in [0.25, 0.3) is 39.5 Å². The van der Waals surface area contributed by atoms with E-state index in [9.17, 15) is 39.5 Å². The highest BCUT2D eigenvalue weighted by Crippen LogP contribution is 2.35. The van der Waals surface area contributed by atoms with Gasteiger partial charge in [-0.2, -0.15) is 8.78 Å². The van der Waals surface area contributed by atoms with Gasteiger partial charge in [-0.1, -0.05) is 62.2 Å². The molecule has 5 aromatic rings. The van der Waals surface area contributed by atoms with Crippen molar-refractivity contribution in [3.8, 4) is 44.9 Å². The first-order valence-corrected chi connectivity index (χ1v) is 15.6. The summed E-state index contributed by atoms with van der Waals surface area (Å²) in [6.45, 7) is 2.12. The van der Waals surface area contributed by atoms with Gasteiger partial charge in [0.2, 0.25) is 0 Å². The second-order valence-corrected chi connectivity index (χ2v) is 11.5. The molecule has 0 unspecified atom stereocenters. The quantitative estimate of drug-likeness (QED) is 0.0945. The van der Waals surface area contributed by atoms with E-state index in [1.165, 1.54) is 12.1 Å². The Kier molecular flexibility index (Phi) is 11.1. The van der Waals surface area contributed by atoms with Crippen molar-refractivity contribution in [1.82, 2.24) is 0 Å². The van der Waals surface area contributed by atoms with Gasteiger partial charge in [0, 0.05) is 28.8 Å². The van der Waals surface area contributed by atoms with E-state index in [0.29, 0.717) is 29.8 Å². The maximum atomic E-state index is 15.2. The lowest BCUT2D eigenvalue weighted by Crippen LogP contribution is -2.21. The summed E-state index contributed by atoms with van der Waals surface area (Å²) in [7, 11) is 0. The molecule has 12 heteroatoms. The Morgan fingerprint density at radius 2 is 1.12 bits per heavy atom. The topological polar surface area (TPSA) is 18.5 Å². The summed E-state index contributed by atoms with van der Waals surface area (Å²) in [5.41, 5.74) is 0.711. The fraction of sp³-hybridized carbons (Fsp3) is 0.179. The molecule has 0 heterocycles. The molecule has 0 atom stereocenters. The van der Waals surface area contributed by atoms with E-state index in [0.717, 1.165) is 67.1 Å². The smallest absolute Gasteiger partial charge is 0.429 e. The third-order valence-corrected chi connectivity index (χ3v) is 7.82. The van der Waals surface area contributed by atoms with Crippen molar-refractivity contribution in [2.45, 2.75) is 45.1 Å². The summed E-state index contributed by atoms with van der Waals surface area (Å²) >= 11 is 0. The van der Waals surface area contributed by atoms with Crippen LogP contribution >= 0.6 is 0 Å². The van der Waals surface area contributed by atoms with E-state index >= 15 is 4.39 Å². The second-order valence-electron chi connectivity index (χ2n) is 11.5. The number of alkyl halides is 5. The molecule has 0 bridgehead atoms. The molecule has 0 N–H and O–H groups in total. The maximum absolute atomic E-state index is 15.2. The zero-order valence-corrected chi connectivity index (χ0v) is 26.7. The molecular weight excluding hydrogens is 690 g/mol. The van der Waals surface area contributed by atoms with Gasteiger partial charge in [0.1, 0.15) is 29.0 Å². The Labute approximate surface area is 286 Å². The molecule has 5 aromatic carbocycles. The average Bonchev–Trinajstić information content (AvgIpc) is 3.05. The Hall–Kier alpha value is -5.26. The van der Waals surface area contributed by atoms with Crippen LogP contribution in [0.5, 0.6) is 11.5 Å². The number of halogens is 10. The highest BCUT2D eigenvalue weighted by Gasteiger charge is 2.33. The van der Waals surface area contributed by atoms with Crippen molar-refractivity contribution >= 4 is 6.08 Å². The zero-order chi connectivity index (χ0) is 36.9. The largest absolute Gasteiger partial charge is 0.573 e. The van der Waals surface area contributed by atoms with Crippen molar-refractivity contribution in [3.63, 3.8) is 0 Å². The molecule has 0 spiro atoms. The second kappa shape index (κ2) is 15.3. The molecule has 5 rings (SSSR count). The van der Waals surface area contributed by atoms with Gasteiger partial charge in [-0.05, 0) is 89.2 Å². The van der Waals surface area contributed by atoms with Gasteiger partial charge < -0.3 is 9.47 Å². The molecule has 0 saturated carbocycles. The third kappa shape index (κ3) is 9.50. The van der Waals surface area contributed by atoms with Crippen molar-refractivity contribution in [1.29, 1.82) is 0 Å². The monoisotopic (exact) mass is 718 g/mol. The zero-order valence-electron chi connectivity index (χ0n) is 26.7. The lowest BCUT2D eigenvalue weighted by atomic mass is 9.97. The summed E-state index contributed by atoms with van der Waals surface area (Å²) in [5, 5.41) is 0. The van der Waals surface area contributed by atoms with Gasteiger partial charge in [-0.3, -0.25) is 0 Å². The third-order valence-electron chi connectivity index (χ3n) is 7.82. The Bertz CT molecular complexity index is 2010. The van der Waals surface area contributed by atoms with Crippen LogP contribution in [0.4, 0.5) is 43.9 Å². The summed E-state index contributed by atoms with van der Waals surface area (Å²) in [6, 6.07) is 17.9. The number of ether oxygens (including phenoxy) is 2. The Balaban J connectivity index is 1.28. The summed E-state index contributed by atoms with van der Waals surface area (Å²) in [4.78, 5) is 0. The minimum atomic E-state index is -5.17. The van der Waals surface area contributed by atoms with Crippen LogP contribution in [-0.4, -0.2) is 12.5 Å². The number of hydrogen-bond donors (Lipinski definition) is 0. The van der Waals surface area contributed by atoms with Crippen LogP contribution in [0, 0.1) is 29.1 Å². The SMILES string of the molecule is CCCCCc1ccc(-c2ccc(-c3cc(F)c(C=CC(F)(F)Oc4ccc(-c5ccc(OC(F)(F)F)c(F)c5)c(F)c4)c(F)c3)c(F)c2)cc1. The van der Waals surface area contributed by atoms with E-state index in [1.807, 2.05) is 24.3 Å². The fourth-order valence-corrected chi connectivity index (χ4v) is 5.31. The van der Waals surface area contributed by atoms with E-state index in [4.69, 9.17) is 0 Å². The van der Waals surface area contributed by atoms with Crippen LogP contribution < -0.4 is 9.47 Å². The molecular formula is C39H28F10O2. The molecule has 0 aliphatic rings. The number of aryl methyl sites for hydroxylation is 1. The number of benzene rings is 5. The van der Waals surface area contributed by atoms with Crippen molar-refractivity contribution < 1.29 is 53.4 Å². The summed E-state index contributed by atoms with van der Waals surface area (Å²) in [6.07, 6.45) is -4.72. The summed E-state index contributed by atoms with van der Waals surface area (Å²) < 4.78 is 148. The van der Waals surface area contributed by atoms with Crippen LogP contribution in [0.15, 0.2) is 97.1 Å². The van der Waals surface area contributed by atoms with E-state index < -0.39 is 58.6 Å². The number of unbranched alkanes of at least 4 members (excludes halogenated alkanes) is 2. The minimum Gasteiger partial charge on any atom is -0.429 e. The first-order valence-electron chi connectivity index (χ1n) is 15.6. The van der Waals surface area contributed by atoms with Crippen molar-refractivity contribution in [2.75, 3.05) is 0 Å². The molecule has 0 radical (unpaired) electrons. The molecule has 266 valence electrons. The van der Waals surface area contributed by atoms with Gasteiger partial charge in [-0.25, -0.2) is 22.0 Å². The van der Waals surface area contributed by atoms with Gasteiger partial charge in [0.25, 0.3) is 0 Å². The van der Waals surface area contributed by atoms with E-state index in [2.05, 4.69) is 16.4 Å². The molecule has 0 amide bonds. The first-order chi connectivity index (χ1) is 24.1. The number of hydrogen-bond acceptors (Lipinski definition) is 2. The van der Waals surface area contributed by atoms with Gasteiger partial charge in [0.05, 0.1) is 0 Å². The lowest BCUT2D eigenvalue weighted by molar-refractivity contribution is -0.275. The van der Waals surface area contributed by atoms with E-state index in [1.54, 1.807) is 6.07 Å². The van der Waals surface area contributed by atoms with Crippen molar-refractivity contribution in [3.05, 3.63) is 137 Å². The highest BCUT2D eigenvalue weighted by atomic mass is 19.4. The average molecular weight is 719 g/mol. The molecule has 0 aliphatic carbocycles. The molecule has 0 aromatic heterocycles. The Morgan fingerprint density at radius 1 is 0.549 bits per heavy atom. The minimum absolute atomic E-state index is 0.0270. The highest BCUT2D eigenvalue weighted by molar-refractivity contribution is 5.72. The fourth-order valence-electron chi connectivity index (χ4n) is 5.31. The standard InChI is InChI=1S/C39H28F10O2/c1-2-3-4-5-23-6-8-24(9-7-23)25-10-13-30(32(40)18-25)27-20-33(41)31(34(42)21-27)16-17-38(45,46)50-28-12-14-29(35(43)22-28)26-11-15-37(36(44)19-26)51-39(47,48)49/h6-22H,2-5H2,1H3. The van der Waals surface area contributed by atoms with Gasteiger partial charge >= 0.3 is 12.5 Å². The first kappa shape index (κ1) is 37.0. The van der Waals surface area contributed by atoms with E-state index in [-0.39, 0.29) is 28.3 Å². The lowest BCUT2D eigenvalue weighted by Gasteiger charge is -2.16. The van der Waals surface area contributed by atoms with Crippen LogP contribution in [-0.2, 0) is 6.42 Å². The molecule has 0 aliphatic heterocycles. The predicted octanol–water partition coefficient (Wildman–Crippen LogP) is 12.7. The normalized spacial score (nSPS) is 12.1. The molecule has 2 nitrogen and oxygen atoms in total. The van der Waals surface area contributed by atoms with Gasteiger partial charge in [-0.15, -0.1) is 13.2 Å². The van der Waals surface area contributed by atoms with Crippen molar-refractivity contribution in [2.24, 2.45) is 0 Å². The number of rotatable bonds is 12. The molecule has 0 saturated heterocycles. The Morgan fingerprint density at radius 3 is 1.73 bits per heavy atom. The van der Waals surface area contributed by atoms with Crippen LogP contribution in [0.1, 0.15) is 37.3 Å². The maximum Gasteiger partial charge on any atom is 0.573 e. The molecule has 0 fully saturated rings. The summed E-state index contributed by atoms with van der Waals surface area (Å²) in [5.74, 6) is -7.83. The van der Waals surface area contributed by atoms with Crippen LogP contribution in [0.2, 0.25) is 0 Å².